The molecule has 0 saturated carbocycles. The molecule has 1 aromatic carbocycles. The third-order valence-corrected chi connectivity index (χ3v) is 5.50. The van der Waals surface area contributed by atoms with E-state index in [2.05, 4.69) is 5.32 Å². The number of likely N-dealkylation sites (tertiary alicyclic amines) is 1. The van der Waals surface area contributed by atoms with E-state index in [1.807, 2.05) is 34.2 Å². The summed E-state index contributed by atoms with van der Waals surface area (Å²) in [6, 6.07) is 7.38. The van der Waals surface area contributed by atoms with Crippen molar-refractivity contribution in [2.24, 2.45) is 5.92 Å². The number of hydroxylamine groups is 2. The van der Waals surface area contributed by atoms with E-state index in [9.17, 15) is 9.59 Å². The summed E-state index contributed by atoms with van der Waals surface area (Å²) < 4.78 is 5.17. The fraction of sp³-hybridized carbons (Fsp3) is 0.619. The summed E-state index contributed by atoms with van der Waals surface area (Å²) in [5, 5.41) is 4.82. The van der Waals surface area contributed by atoms with E-state index in [0.717, 1.165) is 63.4 Å². The zero-order valence-electron chi connectivity index (χ0n) is 16.7. The van der Waals surface area contributed by atoms with Crippen molar-refractivity contribution in [1.82, 2.24) is 9.96 Å². The number of amides is 2. The minimum atomic E-state index is 0.0253. The van der Waals surface area contributed by atoms with Gasteiger partial charge in [0, 0.05) is 50.8 Å². The van der Waals surface area contributed by atoms with Gasteiger partial charge in [-0.1, -0.05) is 6.07 Å². The van der Waals surface area contributed by atoms with Crippen molar-refractivity contribution in [2.75, 3.05) is 45.2 Å². The molecule has 7 nitrogen and oxygen atoms in total. The zero-order valence-corrected chi connectivity index (χ0v) is 16.7. The second-order valence-electron chi connectivity index (χ2n) is 7.51. The Balaban J connectivity index is 1.32. The monoisotopic (exact) mass is 389 g/mol. The number of carbonyl (C=O) groups excluding carboxylic acids is 2. The number of anilines is 1. The van der Waals surface area contributed by atoms with Gasteiger partial charge < -0.3 is 15.0 Å². The van der Waals surface area contributed by atoms with Crippen molar-refractivity contribution in [3.63, 3.8) is 0 Å². The Morgan fingerprint density at radius 2 is 2.04 bits per heavy atom. The molecule has 0 unspecified atom stereocenters. The first-order chi connectivity index (χ1) is 13.6. The molecule has 0 spiro atoms. The lowest BCUT2D eigenvalue weighted by Crippen LogP contribution is -2.39. The predicted molar refractivity (Wildman–Crippen MR) is 107 cm³/mol. The topological polar surface area (TPSA) is 71.1 Å². The number of hydrogen-bond acceptors (Lipinski definition) is 5. The molecular formula is C21H31N3O4. The second kappa shape index (κ2) is 10.4. The standard InChI is InChI=1S/C21H31N3O4/c1-27-19-5-2-4-18(16-19)22-20(25)7-6-17-8-12-23(13-9-17)21(26)10-14-24-11-3-15-28-24/h2,4-5,16-17H,3,6-15H2,1H3,(H,22,25). The van der Waals surface area contributed by atoms with Gasteiger partial charge in [0.15, 0.2) is 0 Å². The average Bonchev–Trinajstić information content (AvgIpc) is 3.24. The van der Waals surface area contributed by atoms with Crippen molar-refractivity contribution < 1.29 is 19.2 Å². The van der Waals surface area contributed by atoms with Gasteiger partial charge in [0.1, 0.15) is 5.75 Å². The first kappa shape index (κ1) is 20.6. The van der Waals surface area contributed by atoms with Crippen LogP contribution in [0.4, 0.5) is 5.69 Å². The molecule has 1 N–H and O–H groups in total. The van der Waals surface area contributed by atoms with Crippen molar-refractivity contribution in [1.29, 1.82) is 0 Å². The van der Waals surface area contributed by atoms with Gasteiger partial charge in [-0.15, -0.1) is 0 Å². The molecule has 0 atom stereocenters. The normalized spacial score (nSPS) is 18.2. The molecule has 2 fully saturated rings. The lowest BCUT2D eigenvalue weighted by Gasteiger charge is -2.32. The quantitative estimate of drug-likeness (QED) is 0.740. The fourth-order valence-electron chi connectivity index (χ4n) is 3.78. The minimum Gasteiger partial charge on any atom is -0.497 e. The number of piperidine rings is 1. The molecule has 7 heteroatoms. The SMILES string of the molecule is COc1cccc(NC(=O)CCC2CCN(C(=O)CCN3CCCO3)CC2)c1. The van der Waals surface area contributed by atoms with Crippen LogP contribution in [0, 0.1) is 5.92 Å². The molecule has 0 aromatic heterocycles. The number of benzene rings is 1. The summed E-state index contributed by atoms with van der Waals surface area (Å²) in [7, 11) is 1.61. The largest absolute Gasteiger partial charge is 0.497 e. The Labute approximate surface area is 166 Å². The highest BCUT2D eigenvalue weighted by molar-refractivity contribution is 5.90. The molecule has 154 valence electrons. The van der Waals surface area contributed by atoms with Crippen molar-refractivity contribution >= 4 is 17.5 Å². The van der Waals surface area contributed by atoms with Gasteiger partial charge in [-0.2, -0.15) is 5.06 Å². The van der Waals surface area contributed by atoms with Crippen molar-refractivity contribution in [3.8, 4) is 5.75 Å². The van der Waals surface area contributed by atoms with Crippen LogP contribution < -0.4 is 10.1 Å². The van der Waals surface area contributed by atoms with Gasteiger partial charge in [-0.05, 0) is 43.7 Å². The smallest absolute Gasteiger partial charge is 0.224 e. The molecule has 0 aliphatic carbocycles. The van der Waals surface area contributed by atoms with Crippen LogP contribution in [0.5, 0.6) is 5.75 Å². The van der Waals surface area contributed by atoms with Gasteiger partial charge >= 0.3 is 0 Å². The molecule has 0 radical (unpaired) electrons. The summed E-state index contributed by atoms with van der Waals surface area (Å²) in [4.78, 5) is 32.0. The average molecular weight is 389 g/mol. The maximum Gasteiger partial charge on any atom is 0.224 e. The highest BCUT2D eigenvalue weighted by Crippen LogP contribution is 2.23. The number of nitrogens with zero attached hydrogens (tertiary/aromatic N) is 2. The Kier molecular flexibility index (Phi) is 7.68. The van der Waals surface area contributed by atoms with Crippen LogP contribution in [-0.2, 0) is 14.4 Å². The number of rotatable bonds is 8. The summed E-state index contributed by atoms with van der Waals surface area (Å²) in [6.45, 7) is 3.96. The minimum absolute atomic E-state index is 0.0253. The maximum absolute atomic E-state index is 12.4. The highest BCUT2D eigenvalue weighted by Gasteiger charge is 2.24. The molecule has 2 heterocycles. The molecule has 3 rings (SSSR count). The summed E-state index contributed by atoms with van der Waals surface area (Å²) in [6.07, 6.45) is 4.87. The van der Waals surface area contributed by atoms with Crippen LogP contribution >= 0.6 is 0 Å². The van der Waals surface area contributed by atoms with E-state index in [4.69, 9.17) is 9.57 Å². The number of methoxy groups -OCH3 is 1. The fourth-order valence-corrected chi connectivity index (χ4v) is 3.78. The summed E-state index contributed by atoms with van der Waals surface area (Å²) in [5.41, 5.74) is 0.756. The van der Waals surface area contributed by atoms with E-state index in [1.54, 1.807) is 7.11 Å². The predicted octanol–water partition coefficient (Wildman–Crippen LogP) is 2.68. The summed E-state index contributed by atoms with van der Waals surface area (Å²) >= 11 is 0. The van der Waals surface area contributed by atoms with Crippen LogP contribution in [0.1, 0.15) is 38.5 Å². The number of nitrogens with one attached hydrogen (secondary N) is 1. The molecule has 0 bridgehead atoms. The van der Waals surface area contributed by atoms with Gasteiger partial charge in [-0.25, -0.2) is 0 Å². The molecule has 2 saturated heterocycles. The van der Waals surface area contributed by atoms with E-state index < -0.39 is 0 Å². The molecular weight excluding hydrogens is 358 g/mol. The third-order valence-electron chi connectivity index (χ3n) is 5.50. The van der Waals surface area contributed by atoms with E-state index in [-0.39, 0.29) is 11.8 Å². The van der Waals surface area contributed by atoms with Gasteiger partial charge in [-0.3, -0.25) is 14.4 Å². The first-order valence-electron chi connectivity index (χ1n) is 10.2. The highest BCUT2D eigenvalue weighted by atomic mass is 16.7. The first-order valence-corrected chi connectivity index (χ1v) is 10.2. The molecule has 2 amide bonds. The molecule has 2 aliphatic heterocycles. The van der Waals surface area contributed by atoms with Crippen LogP contribution in [0.25, 0.3) is 0 Å². The molecule has 28 heavy (non-hydrogen) atoms. The van der Waals surface area contributed by atoms with Crippen LogP contribution in [-0.4, -0.2) is 61.7 Å². The maximum atomic E-state index is 12.4. The third kappa shape index (κ3) is 6.21. The number of carbonyl (C=O) groups is 2. The summed E-state index contributed by atoms with van der Waals surface area (Å²) in [5.74, 6) is 1.47. The van der Waals surface area contributed by atoms with Gasteiger partial charge in [0.25, 0.3) is 0 Å². The lowest BCUT2D eigenvalue weighted by molar-refractivity contribution is -0.140. The lowest BCUT2D eigenvalue weighted by atomic mass is 9.92. The Hall–Kier alpha value is -2.12. The van der Waals surface area contributed by atoms with Gasteiger partial charge in [0.05, 0.1) is 13.7 Å². The van der Waals surface area contributed by atoms with Crippen LogP contribution in [0.15, 0.2) is 24.3 Å². The van der Waals surface area contributed by atoms with E-state index in [1.165, 1.54) is 0 Å². The van der Waals surface area contributed by atoms with Crippen molar-refractivity contribution in [3.05, 3.63) is 24.3 Å². The zero-order chi connectivity index (χ0) is 19.8. The number of hydrogen-bond donors (Lipinski definition) is 1. The Bertz CT molecular complexity index is 653. The molecule has 2 aliphatic rings. The van der Waals surface area contributed by atoms with Crippen LogP contribution in [0.2, 0.25) is 0 Å². The number of ether oxygens (including phenoxy) is 1. The van der Waals surface area contributed by atoms with Crippen molar-refractivity contribution in [2.45, 2.75) is 38.5 Å². The van der Waals surface area contributed by atoms with Gasteiger partial charge in [0.2, 0.25) is 11.8 Å². The Morgan fingerprint density at radius 3 is 2.75 bits per heavy atom. The molecule has 1 aromatic rings. The van der Waals surface area contributed by atoms with Crippen LogP contribution in [0.3, 0.4) is 0 Å². The Morgan fingerprint density at radius 1 is 1.21 bits per heavy atom. The van der Waals surface area contributed by atoms with E-state index >= 15 is 0 Å². The van der Waals surface area contributed by atoms with E-state index in [0.29, 0.717) is 25.3 Å². The second-order valence-corrected chi connectivity index (χ2v) is 7.51.